The smallest absolute Gasteiger partial charge is 0.265 e. The topological polar surface area (TPSA) is 67.4 Å². The first-order valence-electron chi connectivity index (χ1n) is 12.0. The van der Waals surface area contributed by atoms with Crippen molar-refractivity contribution in [2.24, 2.45) is 0 Å². The van der Waals surface area contributed by atoms with Crippen molar-refractivity contribution in [2.75, 3.05) is 10.6 Å². The number of aryl methyl sites for hydroxylation is 1. The molecule has 0 heterocycles. The summed E-state index contributed by atoms with van der Waals surface area (Å²) < 4.78 is 6.03. The SMILES string of the molecule is Cc1ccc(C(C)C)c(OC(C)C(=O)Nc2cccc(NC(=O)c3ccc(C(C)(C)C)cc3)c2)c1. The Bertz CT molecular complexity index is 1190. The van der Waals surface area contributed by atoms with Gasteiger partial charge in [0.1, 0.15) is 5.75 Å². The predicted molar refractivity (Wildman–Crippen MR) is 144 cm³/mol. The van der Waals surface area contributed by atoms with Gasteiger partial charge < -0.3 is 15.4 Å². The largest absolute Gasteiger partial charge is 0.481 e. The van der Waals surface area contributed by atoms with Crippen LogP contribution in [0.4, 0.5) is 11.4 Å². The van der Waals surface area contributed by atoms with Crippen LogP contribution < -0.4 is 15.4 Å². The third-order valence-corrected chi connectivity index (χ3v) is 5.87. The highest BCUT2D eigenvalue weighted by atomic mass is 16.5. The number of carbonyl (C=O) groups excluding carboxylic acids is 2. The fraction of sp³-hybridized carbons (Fsp3) is 0.333. The van der Waals surface area contributed by atoms with Crippen LogP contribution in [0.5, 0.6) is 5.75 Å². The van der Waals surface area contributed by atoms with Crippen molar-refractivity contribution in [1.82, 2.24) is 0 Å². The first kappa shape index (κ1) is 26.0. The van der Waals surface area contributed by atoms with Gasteiger partial charge in [-0.2, -0.15) is 0 Å². The number of anilines is 2. The van der Waals surface area contributed by atoms with Crippen LogP contribution in [-0.4, -0.2) is 17.9 Å². The highest BCUT2D eigenvalue weighted by Gasteiger charge is 2.18. The number of amides is 2. The van der Waals surface area contributed by atoms with Crippen LogP contribution in [0.2, 0.25) is 0 Å². The quantitative estimate of drug-likeness (QED) is 0.386. The molecule has 0 aromatic heterocycles. The van der Waals surface area contributed by atoms with Crippen molar-refractivity contribution in [3.8, 4) is 5.75 Å². The molecular formula is C30H36N2O3. The maximum atomic E-state index is 12.8. The summed E-state index contributed by atoms with van der Waals surface area (Å²) in [7, 11) is 0. The Morgan fingerprint density at radius 1 is 0.829 bits per heavy atom. The molecule has 0 saturated carbocycles. The highest BCUT2D eigenvalue weighted by Crippen LogP contribution is 2.28. The molecule has 3 aromatic carbocycles. The van der Waals surface area contributed by atoms with Gasteiger partial charge in [-0.05, 0) is 78.3 Å². The van der Waals surface area contributed by atoms with Crippen LogP contribution in [0.1, 0.15) is 74.5 Å². The molecule has 35 heavy (non-hydrogen) atoms. The number of hydrogen-bond donors (Lipinski definition) is 2. The van der Waals surface area contributed by atoms with Crippen LogP contribution in [0.15, 0.2) is 66.7 Å². The number of ether oxygens (including phenoxy) is 1. The molecule has 0 spiro atoms. The minimum absolute atomic E-state index is 0.0259. The van der Waals surface area contributed by atoms with Gasteiger partial charge in [0.05, 0.1) is 0 Å². The number of hydrogen-bond acceptors (Lipinski definition) is 3. The van der Waals surface area contributed by atoms with Crippen LogP contribution in [0.3, 0.4) is 0 Å². The summed E-state index contributed by atoms with van der Waals surface area (Å²) in [6.07, 6.45) is -0.686. The highest BCUT2D eigenvalue weighted by molar-refractivity contribution is 6.04. The Morgan fingerprint density at radius 3 is 2.06 bits per heavy atom. The number of carbonyl (C=O) groups is 2. The summed E-state index contributed by atoms with van der Waals surface area (Å²) in [5, 5.41) is 5.79. The second-order valence-electron chi connectivity index (χ2n) is 10.3. The maximum Gasteiger partial charge on any atom is 0.265 e. The van der Waals surface area contributed by atoms with Crippen LogP contribution >= 0.6 is 0 Å². The van der Waals surface area contributed by atoms with Gasteiger partial charge in [-0.1, -0.05) is 65.0 Å². The van der Waals surface area contributed by atoms with Gasteiger partial charge in [0.2, 0.25) is 0 Å². The lowest BCUT2D eigenvalue weighted by molar-refractivity contribution is -0.122. The monoisotopic (exact) mass is 472 g/mol. The van der Waals surface area contributed by atoms with Gasteiger partial charge in [-0.15, -0.1) is 0 Å². The Balaban J connectivity index is 1.65. The first-order chi connectivity index (χ1) is 16.4. The molecule has 0 aliphatic rings. The van der Waals surface area contributed by atoms with Crippen molar-refractivity contribution >= 4 is 23.2 Å². The number of benzene rings is 3. The summed E-state index contributed by atoms with van der Waals surface area (Å²) in [5.41, 5.74) is 5.10. The Hall–Kier alpha value is -3.60. The second-order valence-corrected chi connectivity index (χ2v) is 10.3. The second kappa shape index (κ2) is 10.8. The Morgan fingerprint density at radius 2 is 1.46 bits per heavy atom. The van der Waals surface area contributed by atoms with Crippen LogP contribution in [0.25, 0.3) is 0 Å². The van der Waals surface area contributed by atoms with Crippen LogP contribution in [-0.2, 0) is 10.2 Å². The molecule has 0 bridgehead atoms. The normalized spacial score (nSPS) is 12.2. The molecule has 0 aliphatic carbocycles. The van der Waals surface area contributed by atoms with Crippen molar-refractivity contribution in [3.63, 3.8) is 0 Å². The van der Waals surface area contributed by atoms with Crippen molar-refractivity contribution in [2.45, 2.75) is 65.9 Å². The molecule has 1 atom stereocenters. The fourth-order valence-electron chi connectivity index (χ4n) is 3.71. The molecule has 2 N–H and O–H groups in total. The van der Waals surface area contributed by atoms with Crippen molar-refractivity contribution in [1.29, 1.82) is 0 Å². The lowest BCUT2D eigenvalue weighted by atomic mass is 9.87. The van der Waals surface area contributed by atoms with Gasteiger partial charge in [-0.25, -0.2) is 0 Å². The van der Waals surface area contributed by atoms with E-state index < -0.39 is 6.10 Å². The zero-order chi connectivity index (χ0) is 25.8. The van der Waals surface area contributed by atoms with Gasteiger partial charge in [-0.3, -0.25) is 9.59 Å². The van der Waals surface area contributed by atoms with Gasteiger partial charge in [0.15, 0.2) is 6.10 Å². The summed E-state index contributed by atoms with van der Waals surface area (Å²) in [6, 6.07) is 20.8. The number of rotatable bonds is 7. The van der Waals surface area contributed by atoms with Crippen LogP contribution in [0, 0.1) is 6.92 Å². The molecule has 5 nitrogen and oxygen atoms in total. The lowest BCUT2D eigenvalue weighted by Crippen LogP contribution is -2.30. The van der Waals surface area contributed by atoms with E-state index in [-0.39, 0.29) is 23.1 Å². The van der Waals surface area contributed by atoms with E-state index in [1.165, 1.54) is 5.56 Å². The average molecular weight is 473 g/mol. The molecule has 1 unspecified atom stereocenters. The Labute approximate surface area is 208 Å². The van der Waals surface area contributed by atoms with Crippen molar-refractivity contribution in [3.05, 3.63) is 89.0 Å². The van der Waals surface area contributed by atoms with Gasteiger partial charge >= 0.3 is 0 Å². The summed E-state index contributed by atoms with van der Waals surface area (Å²) in [4.78, 5) is 25.5. The van der Waals surface area contributed by atoms with Gasteiger partial charge in [0.25, 0.3) is 11.8 Å². The third kappa shape index (κ3) is 6.95. The van der Waals surface area contributed by atoms with E-state index in [9.17, 15) is 9.59 Å². The standard InChI is InChI=1S/C30H36N2O3/c1-19(2)26-16-11-20(3)17-27(26)35-21(4)28(33)31-24-9-8-10-25(18-24)32-29(34)22-12-14-23(15-13-22)30(5,6)7/h8-19,21H,1-7H3,(H,31,33)(H,32,34). The third-order valence-electron chi connectivity index (χ3n) is 5.87. The van der Waals surface area contributed by atoms with E-state index in [0.29, 0.717) is 16.9 Å². The zero-order valence-electron chi connectivity index (χ0n) is 21.7. The molecule has 2 amide bonds. The zero-order valence-corrected chi connectivity index (χ0v) is 21.7. The van der Waals surface area contributed by atoms with Gasteiger partial charge in [0, 0.05) is 16.9 Å². The predicted octanol–water partition coefficient (Wildman–Crippen LogP) is 7.07. The first-order valence-corrected chi connectivity index (χ1v) is 12.0. The summed E-state index contributed by atoms with van der Waals surface area (Å²) >= 11 is 0. The Kier molecular flexibility index (Phi) is 8.00. The van der Waals surface area contributed by atoms with E-state index >= 15 is 0 Å². The van der Waals surface area contributed by atoms with E-state index in [4.69, 9.17) is 4.74 Å². The molecule has 3 rings (SSSR count). The molecule has 184 valence electrons. The molecule has 0 radical (unpaired) electrons. The number of nitrogens with one attached hydrogen (secondary N) is 2. The van der Waals surface area contributed by atoms with E-state index in [2.05, 4.69) is 45.3 Å². The minimum atomic E-state index is -0.686. The molecule has 0 aliphatic heterocycles. The molecule has 0 fully saturated rings. The molecular weight excluding hydrogens is 436 g/mol. The lowest BCUT2D eigenvalue weighted by Gasteiger charge is -2.19. The van der Waals surface area contributed by atoms with E-state index in [1.54, 1.807) is 31.2 Å². The van der Waals surface area contributed by atoms with E-state index in [1.807, 2.05) is 49.4 Å². The summed E-state index contributed by atoms with van der Waals surface area (Å²) in [5.74, 6) is 0.542. The molecule has 5 heteroatoms. The minimum Gasteiger partial charge on any atom is -0.481 e. The maximum absolute atomic E-state index is 12.8. The summed E-state index contributed by atoms with van der Waals surface area (Å²) in [6.45, 7) is 14.3. The van der Waals surface area contributed by atoms with Crippen molar-refractivity contribution < 1.29 is 14.3 Å². The average Bonchev–Trinajstić information content (AvgIpc) is 2.78. The molecule has 3 aromatic rings. The molecule has 0 saturated heterocycles. The fourth-order valence-corrected chi connectivity index (χ4v) is 3.71. The van der Waals surface area contributed by atoms with E-state index in [0.717, 1.165) is 16.9 Å².